The molecule has 3 rings (SSSR count). The lowest BCUT2D eigenvalue weighted by Gasteiger charge is -2.36. The van der Waals surface area contributed by atoms with Crippen LogP contribution in [0.3, 0.4) is 0 Å². The molecule has 0 bridgehead atoms. The van der Waals surface area contributed by atoms with Gasteiger partial charge in [-0.2, -0.15) is 0 Å². The Morgan fingerprint density at radius 2 is 2.05 bits per heavy atom. The number of amides is 1. The number of carboxylic acid groups (broad SMARTS) is 1. The summed E-state index contributed by atoms with van der Waals surface area (Å²) in [6.45, 7) is 2.29. The molecule has 2 fully saturated rings. The maximum Gasteiger partial charge on any atom is 0.308 e. The zero-order chi connectivity index (χ0) is 15.0. The van der Waals surface area contributed by atoms with Gasteiger partial charge in [-0.3, -0.25) is 14.6 Å². The summed E-state index contributed by atoms with van der Waals surface area (Å²) in [5, 5.41) is 9.17. The van der Waals surface area contributed by atoms with Gasteiger partial charge in [-0.05, 0) is 44.7 Å². The van der Waals surface area contributed by atoms with Gasteiger partial charge in [0.25, 0.3) is 5.91 Å². The van der Waals surface area contributed by atoms with Crippen LogP contribution in [-0.2, 0) is 4.79 Å². The number of hydrogen-bond acceptors (Lipinski definition) is 3. The highest BCUT2D eigenvalue weighted by molar-refractivity contribution is 5.94. The topological polar surface area (TPSA) is 70.5 Å². The van der Waals surface area contributed by atoms with E-state index >= 15 is 0 Å². The highest BCUT2D eigenvalue weighted by Crippen LogP contribution is 2.39. The number of rotatable bonds is 3. The minimum Gasteiger partial charge on any atom is -0.481 e. The van der Waals surface area contributed by atoms with E-state index in [0.717, 1.165) is 25.0 Å². The fraction of sp³-hybridized carbons (Fsp3) is 0.562. The standard InChI is InChI=1S/C16H20N2O3/c1-10-2-3-13(16(20)21)9-18(10)15(19)12-6-7-17-14(8-12)11-4-5-11/h6-8,10-11,13H,2-5,9H2,1H3,(H,20,21). The first-order valence-corrected chi connectivity index (χ1v) is 7.56. The van der Waals surface area contributed by atoms with Gasteiger partial charge >= 0.3 is 5.97 Å². The molecule has 1 aliphatic carbocycles. The van der Waals surface area contributed by atoms with Gasteiger partial charge in [0.1, 0.15) is 0 Å². The third-order valence-corrected chi connectivity index (χ3v) is 4.52. The predicted octanol–water partition coefficient (Wildman–Crippen LogP) is 2.28. The highest BCUT2D eigenvalue weighted by atomic mass is 16.4. The van der Waals surface area contributed by atoms with Crippen molar-refractivity contribution in [3.8, 4) is 0 Å². The molecule has 1 aliphatic heterocycles. The van der Waals surface area contributed by atoms with E-state index in [-0.39, 0.29) is 11.9 Å². The molecule has 1 amide bonds. The molecule has 0 aromatic carbocycles. The summed E-state index contributed by atoms with van der Waals surface area (Å²) in [6, 6.07) is 3.69. The molecule has 1 aromatic rings. The summed E-state index contributed by atoms with van der Waals surface area (Å²) in [5.74, 6) is -0.830. The van der Waals surface area contributed by atoms with E-state index < -0.39 is 11.9 Å². The molecule has 5 heteroatoms. The summed E-state index contributed by atoms with van der Waals surface area (Å²) in [4.78, 5) is 29.9. The molecule has 112 valence electrons. The molecule has 2 unspecified atom stereocenters. The van der Waals surface area contributed by atoms with Gasteiger partial charge in [0.05, 0.1) is 5.92 Å². The van der Waals surface area contributed by atoms with Crippen molar-refractivity contribution < 1.29 is 14.7 Å². The molecule has 1 aromatic heterocycles. The van der Waals surface area contributed by atoms with E-state index in [1.54, 1.807) is 17.2 Å². The van der Waals surface area contributed by atoms with Gasteiger partial charge in [-0.1, -0.05) is 0 Å². The Hall–Kier alpha value is -1.91. The number of aliphatic carboxylic acids is 1. The minimum atomic E-state index is -0.812. The first-order chi connectivity index (χ1) is 10.1. The van der Waals surface area contributed by atoms with Crippen molar-refractivity contribution in [3.63, 3.8) is 0 Å². The average molecular weight is 288 g/mol. The lowest BCUT2D eigenvalue weighted by molar-refractivity contribution is -0.143. The van der Waals surface area contributed by atoms with Crippen LogP contribution in [0.1, 0.15) is 54.6 Å². The number of piperidine rings is 1. The summed E-state index contributed by atoms with van der Waals surface area (Å²) < 4.78 is 0. The van der Waals surface area contributed by atoms with E-state index in [2.05, 4.69) is 4.98 Å². The number of carbonyl (C=O) groups is 2. The normalized spacial score (nSPS) is 25.7. The van der Waals surface area contributed by atoms with Crippen LogP contribution in [0.5, 0.6) is 0 Å². The summed E-state index contributed by atoms with van der Waals surface area (Å²) >= 11 is 0. The second-order valence-electron chi connectivity index (χ2n) is 6.16. The number of carboxylic acids is 1. The molecule has 0 spiro atoms. The molecule has 2 heterocycles. The third-order valence-electron chi connectivity index (χ3n) is 4.52. The molecule has 5 nitrogen and oxygen atoms in total. The Kier molecular flexibility index (Phi) is 3.66. The van der Waals surface area contributed by atoms with Crippen molar-refractivity contribution in [2.45, 2.75) is 44.6 Å². The lowest BCUT2D eigenvalue weighted by Crippen LogP contribution is -2.47. The maximum atomic E-state index is 12.7. The van der Waals surface area contributed by atoms with Crippen LogP contribution in [0, 0.1) is 5.92 Å². The van der Waals surface area contributed by atoms with Crippen molar-refractivity contribution in [2.24, 2.45) is 5.92 Å². The van der Waals surface area contributed by atoms with E-state index in [9.17, 15) is 14.7 Å². The molecule has 2 aliphatic rings. The molecule has 0 radical (unpaired) electrons. The first kappa shape index (κ1) is 14.0. The Morgan fingerprint density at radius 1 is 1.29 bits per heavy atom. The predicted molar refractivity (Wildman–Crippen MR) is 77.1 cm³/mol. The fourth-order valence-corrected chi connectivity index (χ4v) is 2.94. The highest BCUT2D eigenvalue weighted by Gasteiger charge is 2.33. The monoisotopic (exact) mass is 288 g/mol. The fourth-order valence-electron chi connectivity index (χ4n) is 2.94. The molecular weight excluding hydrogens is 268 g/mol. The van der Waals surface area contributed by atoms with Crippen LogP contribution in [0.4, 0.5) is 0 Å². The van der Waals surface area contributed by atoms with E-state index in [1.807, 2.05) is 13.0 Å². The van der Waals surface area contributed by atoms with Crippen molar-refractivity contribution in [3.05, 3.63) is 29.6 Å². The summed E-state index contributed by atoms with van der Waals surface area (Å²) in [6.07, 6.45) is 5.36. The smallest absolute Gasteiger partial charge is 0.308 e. The summed E-state index contributed by atoms with van der Waals surface area (Å²) in [5.41, 5.74) is 1.62. The largest absolute Gasteiger partial charge is 0.481 e. The number of pyridine rings is 1. The van der Waals surface area contributed by atoms with Crippen LogP contribution in [0.2, 0.25) is 0 Å². The Labute approximate surface area is 124 Å². The number of nitrogens with zero attached hydrogens (tertiary/aromatic N) is 2. The van der Waals surface area contributed by atoms with E-state index in [1.165, 1.54) is 0 Å². The van der Waals surface area contributed by atoms with Gasteiger partial charge in [-0.25, -0.2) is 0 Å². The second-order valence-corrected chi connectivity index (χ2v) is 6.16. The van der Waals surface area contributed by atoms with Crippen LogP contribution in [0.15, 0.2) is 18.3 Å². The number of aromatic nitrogens is 1. The third kappa shape index (κ3) is 2.91. The molecule has 1 N–H and O–H groups in total. The molecule has 1 saturated heterocycles. The number of likely N-dealkylation sites (tertiary alicyclic amines) is 1. The summed E-state index contributed by atoms with van der Waals surface area (Å²) in [7, 11) is 0. The molecule has 21 heavy (non-hydrogen) atoms. The zero-order valence-corrected chi connectivity index (χ0v) is 12.2. The maximum absolute atomic E-state index is 12.7. The van der Waals surface area contributed by atoms with Crippen LogP contribution >= 0.6 is 0 Å². The Morgan fingerprint density at radius 3 is 2.71 bits per heavy atom. The number of carbonyl (C=O) groups excluding carboxylic acids is 1. The average Bonchev–Trinajstić information content (AvgIpc) is 3.31. The minimum absolute atomic E-state index is 0.0715. The molecule has 1 saturated carbocycles. The van der Waals surface area contributed by atoms with E-state index in [4.69, 9.17) is 0 Å². The van der Waals surface area contributed by atoms with Crippen molar-refractivity contribution >= 4 is 11.9 Å². The van der Waals surface area contributed by atoms with Gasteiger partial charge in [0.15, 0.2) is 0 Å². The van der Waals surface area contributed by atoms with Crippen molar-refractivity contribution in [2.75, 3.05) is 6.54 Å². The molecular formula is C16H20N2O3. The second kappa shape index (κ2) is 5.47. The van der Waals surface area contributed by atoms with Crippen LogP contribution in [0.25, 0.3) is 0 Å². The quantitative estimate of drug-likeness (QED) is 0.926. The first-order valence-electron chi connectivity index (χ1n) is 7.56. The Balaban J connectivity index is 1.79. The number of hydrogen-bond donors (Lipinski definition) is 1. The van der Waals surface area contributed by atoms with Gasteiger partial charge in [0.2, 0.25) is 0 Å². The SMILES string of the molecule is CC1CCC(C(=O)O)CN1C(=O)c1ccnc(C2CC2)c1. The molecule has 2 atom stereocenters. The van der Waals surface area contributed by atoms with Gasteiger partial charge < -0.3 is 10.0 Å². The van der Waals surface area contributed by atoms with Gasteiger partial charge in [0, 0.05) is 36.0 Å². The van der Waals surface area contributed by atoms with Crippen LogP contribution < -0.4 is 0 Å². The van der Waals surface area contributed by atoms with Crippen molar-refractivity contribution in [1.29, 1.82) is 0 Å². The van der Waals surface area contributed by atoms with Crippen LogP contribution in [-0.4, -0.2) is 39.5 Å². The van der Waals surface area contributed by atoms with Crippen molar-refractivity contribution in [1.82, 2.24) is 9.88 Å². The zero-order valence-electron chi connectivity index (χ0n) is 12.2. The lowest BCUT2D eigenvalue weighted by atomic mass is 9.93. The Bertz CT molecular complexity index is 568. The van der Waals surface area contributed by atoms with Gasteiger partial charge in [-0.15, -0.1) is 0 Å². The van der Waals surface area contributed by atoms with E-state index in [0.29, 0.717) is 24.4 Å².